The Hall–Kier alpha value is -2.05. The summed E-state index contributed by atoms with van der Waals surface area (Å²) < 4.78 is 1.84. The van der Waals surface area contributed by atoms with Crippen LogP contribution in [-0.4, -0.2) is 29.0 Å². The summed E-state index contributed by atoms with van der Waals surface area (Å²) in [7, 11) is 1.61. The van der Waals surface area contributed by atoms with Crippen LogP contribution in [0.3, 0.4) is 0 Å². The molecule has 2 aromatic rings. The predicted octanol–water partition coefficient (Wildman–Crippen LogP) is 2.27. The van der Waals surface area contributed by atoms with Gasteiger partial charge in [-0.25, -0.2) is 0 Å². The van der Waals surface area contributed by atoms with Gasteiger partial charge in [0.2, 0.25) is 11.8 Å². The third-order valence-electron chi connectivity index (χ3n) is 3.91. The molecule has 0 aliphatic heterocycles. The fourth-order valence-corrected chi connectivity index (χ4v) is 2.54. The number of hydrogen-bond acceptors (Lipinski definition) is 3. The number of nitrogens with zero attached hydrogens (tertiary/aromatic N) is 1. The number of amides is 2. The van der Waals surface area contributed by atoms with Crippen LogP contribution < -0.4 is 16.4 Å². The van der Waals surface area contributed by atoms with Crippen molar-refractivity contribution in [2.75, 3.05) is 12.4 Å². The summed E-state index contributed by atoms with van der Waals surface area (Å²) in [6, 6.07) is 7.55. The summed E-state index contributed by atoms with van der Waals surface area (Å²) in [6.45, 7) is 3.97. The molecule has 4 N–H and O–H groups in total. The molecule has 0 bridgehead atoms. The molecule has 0 aliphatic carbocycles. The second-order valence-corrected chi connectivity index (χ2v) is 6.01. The largest absolute Gasteiger partial charge is 0.358 e. The van der Waals surface area contributed by atoms with Crippen molar-refractivity contribution in [3.8, 4) is 0 Å². The van der Waals surface area contributed by atoms with Gasteiger partial charge in [-0.05, 0) is 36.9 Å². The third kappa shape index (κ3) is 4.49. The maximum absolute atomic E-state index is 12.3. The number of carbonyl (C=O) groups is 2. The van der Waals surface area contributed by atoms with Crippen LogP contribution in [0, 0.1) is 0 Å². The highest BCUT2D eigenvalue weighted by Crippen LogP contribution is 2.22. The lowest BCUT2D eigenvalue weighted by molar-refractivity contribution is -0.121. The molecule has 1 unspecified atom stereocenters. The Labute approximate surface area is 148 Å². The van der Waals surface area contributed by atoms with Gasteiger partial charge in [-0.1, -0.05) is 19.4 Å². The van der Waals surface area contributed by atoms with E-state index in [9.17, 15) is 9.59 Å². The van der Waals surface area contributed by atoms with E-state index in [1.54, 1.807) is 14.0 Å². The summed E-state index contributed by atoms with van der Waals surface area (Å²) in [5.41, 5.74) is 6.72. The molecule has 1 aromatic carbocycles. The zero-order valence-corrected chi connectivity index (χ0v) is 15.1. The van der Waals surface area contributed by atoms with Gasteiger partial charge in [0.05, 0.1) is 11.1 Å². The first-order chi connectivity index (χ1) is 10.9. The van der Waals surface area contributed by atoms with Gasteiger partial charge in [-0.2, -0.15) is 0 Å². The number of nitrogens with one attached hydrogen (secondary N) is 2. The summed E-state index contributed by atoms with van der Waals surface area (Å²) in [4.78, 5) is 23.9. The standard InChI is InChI=1S/C17H24N4O2.ClH/c1-4-8-17(2,18)16(23)20-13-6-5-12-7-9-21(14(12)10-13)11-15(22)19-3;/h5-7,9-10H,4,8,11,18H2,1-3H3,(H,19,22)(H,20,23);1H. The molecule has 132 valence electrons. The van der Waals surface area contributed by atoms with Crippen LogP contribution in [0.15, 0.2) is 30.5 Å². The van der Waals surface area contributed by atoms with Gasteiger partial charge in [0.25, 0.3) is 0 Å². The Morgan fingerprint density at radius 2 is 2.00 bits per heavy atom. The Morgan fingerprint density at radius 1 is 1.29 bits per heavy atom. The smallest absolute Gasteiger partial charge is 0.244 e. The maximum Gasteiger partial charge on any atom is 0.244 e. The van der Waals surface area contributed by atoms with E-state index in [2.05, 4.69) is 10.6 Å². The highest BCUT2D eigenvalue weighted by molar-refractivity contribution is 5.99. The molecule has 2 rings (SSSR count). The molecule has 24 heavy (non-hydrogen) atoms. The van der Waals surface area contributed by atoms with E-state index < -0.39 is 5.54 Å². The lowest BCUT2D eigenvalue weighted by atomic mass is 9.96. The number of likely N-dealkylation sites (N-methyl/N-ethyl adjacent to an activating group) is 1. The van der Waals surface area contributed by atoms with Crippen LogP contribution in [0.5, 0.6) is 0 Å². The Morgan fingerprint density at radius 3 is 2.62 bits per heavy atom. The molecule has 0 saturated carbocycles. The number of anilines is 1. The molecule has 6 nitrogen and oxygen atoms in total. The number of nitrogens with two attached hydrogens (primary N) is 1. The highest BCUT2D eigenvalue weighted by atomic mass is 35.5. The first kappa shape index (κ1) is 20.0. The maximum atomic E-state index is 12.3. The lowest BCUT2D eigenvalue weighted by Gasteiger charge is -2.22. The molecule has 0 radical (unpaired) electrons. The van der Waals surface area contributed by atoms with Gasteiger partial charge in [-0.15, -0.1) is 12.4 Å². The summed E-state index contributed by atoms with van der Waals surface area (Å²) in [5.74, 6) is -0.280. The predicted molar refractivity (Wildman–Crippen MR) is 99.4 cm³/mol. The Balaban J connectivity index is 0.00000288. The third-order valence-corrected chi connectivity index (χ3v) is 3.91. The minimum atomic E-state index is -0.895. The number of carbonyl (C=O) groups excluding carboxylic acids is 2. The van der Waals surface area contributed by atoms with Crippen molar-refractivity contribution in [1.29, 1.82) is 0 Å². The van der Waals surface area contributed by atoms with Gasteiger partial charge >= 0.3 is 0 Å². The fraction of sp³-hybridized carbons (Fsp3) is 0.412. The van der Waals surface area contributed by atoms with Crippen molar-refractivity contribution in [3.63, 3.8) is 0 Å². The minimum absolute atomic E-state index is 0. The molecule has 7 heteroatoms. The average molecular weight is 353 g/mol. The summed E-state index contributed by atoms with van der Waals surface area (Å²) >= 11 is 0. The van der Waals surface area contributed by atoms with Gasteiger partial charge in [0, 0.05) is 18.9 Å². The van der Waals surface area contributed by atoms with Crippen molar-refractivity contribution in [3.05, 3.63) is 30.5 Å². The minimum Gasteiger partial charge on any atom is -0.358 e. The van der Waals surface area contributed by atoms with Crippen LogP contribution in [0.25, 0.3) is 10.9 Å². The number of halogens is 1. The number of rotatable bonds is 6. The van der Waals surface area contributed by atoms with E-state index in [0.717, 1.165) is 17.3 Å². The second-order valence-electron chi connectivity index (χ2n) is 6.01. The second kappa shape index (κ2) is 8.17. The normalized spacial score (nSPS) is 13.0. The molecule has 0 saturated heterocycles. The number of aromatic nitrogens is 1. The number of benzene rings is 1. The quantitative estimate of drug-likeness (QED) is 0.745. The Kier molecular flexibility index (Phi) is 6.81. The number of hydrogen-bond donors (Lipinski definition) is 3. The first-order valence-electron chi connectivity index (χ1n) is 7.77. The monoisotopic (exact) mass is 352 g/mol. The van der Waals surface area contributed by atoms with Crippen LogP contribution in [-0.2, 0) is 16.1 Å². The van der Waals surface area contributed by atoms with E-state index in [1.807, 2.05) is 42.0 Å². The molecule has 2 amide bonds. The summed E-state index contributed by atoms with van der Waals surface area (Å²) in [5, 5.41) is 6.48. The molecule has 0 spiro atoms. The van der Waals surface area contributed by atoms with Crippen molar-refractivity contribution < 1.29 is 9.59 Å². The molecular formula is C17H25ClN4O2. The van der Waals surface area contributed by atoms with E-state index in [0.29, 0.717) is 12.1 Å². The highest BCUT2D eigenvalue weighted by Gasteiger charge is 2.27. The zero-order chi connectivity index (χ0) is 17.0. The van der Waals surface area contributed by atoms with Crippen molar-refractivity contribution in [2.45, 2.75) is 38.8 Å². The topological polar surface area (TPSA) is 89.2 Å². The van der Waals surface area contributed by atoms with Crippen molar-refractivity contribution in [1.82, 2.24) is 9.88 Å². The van der Waals surface area contributed by atoms with E-state index >= 15 is 0 Å². The molecule has 1 aromatic heterocycles. The summed E-state index contributed by atoms with van der Waals surface area (Å²) in [6.07, 6.45) is 3.32. The van der Waals surface area contributed by atoms with Gasteiger partial charge < -0.3 is 20.9 Å². The molecule has 1 atom stereocenters. The van der Waals surface area contributed by atoms with Crippen LogP contribution in [0.4, 0.5) is 5.69 Å². The van der Waals surface area contributed by atoms with Crippen molar-refractivity contribution >= 4 is 40.8 Å². The molecule has 0 aliphatic rings. The van der Waals surface area contributed by atoms with E-state index in [-0.39, 0.29) is 30.8 Å². The fourth-order valence-electron chi connectivity index (χ4n) is 2.54. The van der Waals surface area contributed by atoms with Gasteiger partial charge in [0.1, 0.15) is 6.54 Å². The SMILES string of the molecule is CCCC(C)(N)C(=O)Nc1ccc2ccn(CC(=O)NC)c2c1.Cl. The molecular weight excluding hydrogens is 328 g/mol. The zero-order valence-electron chi connectivity index (χ0n) is 14.3. The van der Waals surface area contributed by atoms with Crippen molar-refractivity contribution in [2.24, 2.45) is 5.73 Å². The van der Waals surface area contributed by atoms with E-state index in [4.69, 9.17) is 5.73 Å². The molecule has 0 fully saturated rings. The van der Waals surface area contributed by atoms with Gasteiger partial charge in [-0.3, -0.25) is 9.59 Å². The van der Waals surface area contributed by atoms with Gasteiger partial charge in [0.15, 0.2) is 0 Å². The number of fused-ring (bicyclic) bond motifs is 1. The first-order valence-corrected chi connectivity index (χ1v) is 7.77. The van der Waals surface area contributed by atoms with Crippen LogP contribution in [0.1, 0.15) is 26.7 Å². The molecule has 1 heterocycles. The average Bonchev–Trinajstić information content (AvgIpc) is 2.89. The lowest BCUT2D eigenvalue weighted by Crippen LogP contribution is -2.48. The van der Waals surface area contributed by atoms with E-state index in [1.165, 1.54) is 0 Å². The van der Waals surface area contributed by atoms with Crippen LogP contribution in [0.2, 0.25) is 0 Å². The Bertz CT molecular complexity index is 724. The van der Waals surface area contributed by atoms with Crippen LogP contribution >= 0.6 is 12.4 Å².